The van der Waals surface area contributed by atoms with Crippen molar-refractivity contribution in [1.82, 2.24) is 10.2 Å². The van der Waals surface area contributed by atoms with Gasteiger partial charge in [0.25, 0.3) is 10.0 Å². The van der Waals surface area contributed by atoms with E-state index in [4.69, 9.17) is 23.2 Å². The van der Waals surface area contributed by atoms with Crippen LogP contribution in [-0.4, -0.2) is 43.8 Å². The van der Waals surface area contributed by atoms with Gasteiger partial charge in [0, 0.05) is 22.1 Å². The molecule has 0 aromatic heterocycles. The van der Waals surface area contributed by atoms with Crippen molar-refractivity contribution in [2.24, 2.45) is 0 Å². The van der Waals surface area contributed by atoms with Crippen molar-refractivity contribution in [3.05, 3.63) is 92.9 Å². The van der Waals surface area contributed by atoms with Gasteiger partial charge in [0.05, 0.1) is 15.6 Å². The largest absolute Gasteiger partial charge is 0.352 e. The Kier molecular flexibility index (Phi) is 10.8. The number of anilines is 1. The number of rotatable bonds is 11. The summed E-state index contributed by atoms with van der Waals surface area (Å²) < 4.78 is 29.4. The number of hydrogen-bond donors (Lipinski definition) is 1. The van der Waals surface area contributed by atoms with Crippen LogP contribution in [0.15, 0.2) is 82.2 Å². The summed E-state index contributed by atoms with van der Waals surface area (Å²) in [5.74, 6) is -0.910. The minimum absolute atomic E-state index is 0.00848. The van der Waals surface area contributed by atoms with E-state index in [0.29, 0.717) is 5.02 Å². The molecule has 0 fully saturated rings. The van der Waals surface area contributed by atoms with Gasteiger partial charge in [0.1, 0.15) is 12.6 Å². The molecule has 0 aliphatic carbocycles. The van der Waals surface area contributed by atoms with Crippen molar-refractivity contribution in [3.63, 3.8) is 0 Å². The first-order chi connectivity index (χ1) is 18.4. The number of hydrogen-bond acceptors (Lipinski definition) is 4. The van der Waals surface area contributed by atoms with Crippen molar-refractivity contribution in [2.75, 3.05) is 10.8 Å². The summed E-state index contributed by atoms with van der Waals surface area (Å²) in [6, 6.07) is 18.5. The second kappa shape index (κ2) is 13.7. The Morgan fingerprint density at radius 1 is 0.974 bits per heavy atom. The van der Waals surface area contributed by atoms with Crippen LogP contribution in [0.1, 0.15) is 32.8 Å². The average molecular weight is 655 g/mol. The van der Waals surface area contributed by atoms with Crippen LogP contribution in [0, 0.1) is 0 Å². The highest BCUT2D eigenvalue weighted by molar-refractivity contribution is 9.10. The topological polar surface area (TPSA) is 86.8 Å². The number of halogens is 3. The van der Waals surface area contributed by atoms with Gasteiger partial charge in [0.15, 0.2) is 0 Å². The molecular formula is C28H30BrCl2N3O4S. The van der Waals surface area contributed by atoms with Gasteiger partial charge in [-0.2, -0.15) is 0 Å². The normalized spacial score (nSPS) is 12.9. The van der Waals surface area contributed by atoms with Crippen LogP contribution in [0.3, 0.4) is 0 Å². The van der Waals surface area contributed by atoms with Gasteiger partial charge in [-0.05, 0) is 68.3 Å². The van der Waals surface area contributed by atoms with Crippen molar-refractivity contribution in [1.29, 1.82) is 0 Å². The summed E-state index contributed by atoms with van der Waals surface area (Å²) >= 11 is 15.9. The first-order valence-corrected chi connectivity index (χ1v) is 15.3. The van der Waals surface area contributed by atoms with Gasteiger partial charge >= 0.3 is 0 Å². The maximum Gasteiger partial charge on any atom is 0.264 e. The lowest BCUT2D eigenvalue weighted by Crippen LogP contribution is -2.52. The summed E-state index contributed by atoms with van der Waals surface area (Å²) in [7, 11) is -4.21. The summed E-state index contributed by atoms with van der Waals surface area (Å²) in [6.07, 6.45) is 0.720. The van der Waals surface area contributed by atoms with Crippen LogP contribution in [-0.2, 0) is 26.2 Å². The van der Waals surface area contributed by atoms with E-state index in [1.807, 2.05) is 38.1 Å². The third kappa shape index (κ3) is 7.97. The molecule has 39 heavy (non-hydrogen) atoms. The molecule has 0 unspecified atom stereocenters. The minimum Gasteiger partial charge on any atom is -0.352 e. The summed E-state index contributed by atoms with van der Waals surface area (Å²) in [6.45, 7) is 4.95. The maximum absolute atomic E-state index is 13.9. The number of benzene rings is 3. The van der Waals surface area contributed by atoms with Crippen molar-refractivity contribution >= 4 is 66.7 Å². The molecule has 0 aliphatic rings. The molecule has 7 nitrogen and oxygen atoms in total. The second-order valence-electron chi connectivity index (χ2n) is 9.06. The highest BCUT2D eigenvalue weighted by atomic mass is 79.9. The molecule has 0 aliphatic heterocycles. The zero-order chi connectivity index (χ0) is 28.7. The van der Waals surface area contributed by atoms with E-state index < -0.39 is 28.5 Å². The summed E-state index contributed by atoms with van der Waals surface area (Å²) in [5.41, 5.74) is 0.871. The Balaban J connectivity index is 2.04. The SMILES string of the molecule is CC[C@@H](C)NC(=O)[C@H](C)N(Cc1ccc(Br)cc1)C(=O)CN(c1ccc(Cl)cc1Cl)S(=O)(=O)c1ccccc1. The van der Waals surface area contributed by atoms with Crippen LogP contribution >= 0.6 is 39.1 Å². The van der Waals surface area contributed by atoms with E-state index in [-0.39, 0.29) is 34.1 Å². The molecule has 0 spiro atoms. The first-order valence-electron chi connectivity index (χ1n) is 12.3. The van der Waals surface area contributed by atoms with Crippen LogP contribution in [0.4, 0.5) is 5.69 Å². The standard InChI is InChI=1S/C28H30BrCl2N3O4S/c1-4-19(2)32-28(36)20(3)33(17-21-10-12-22(29)13-11-21)27(35)18-34(26-15-14-23(30)16-25(26)31)39(37,38)24-8-6-5-7-9-24/h5-16,19-20H,4,17-18H2,1-3H3,(H,32,36)/t19-,20+/m1/s1. The summed E-state index contributed by atoms with van der Waals surface area (Å²) in [5, 5.41) is 3.29. The highest BCUT2D eigenvalue weighted by Crippen LogP contribution is 2.33. The van der Waals surface area contributed by atoms with Gasteiger partial charge in [0.2, 0.25) is 11.8 Å². The first kappa shape index (κ1) is 30.9. The van der Waals surface area contributed by atoms with Gasteiger partial charge in [-0.25, -0.2) is 8.42 Å². The van der Waals surface area contributed by atoms with Gasteiger partial charge in [-0.3, -0.25) is 13.9 Å². The van der Waals surface area contributed by atoms with E-state index in [1.165, 1.54) is 35.2 Å². The van der Waals surface area contributed by atoms with E-state index >= 15 is 0 Å². The molecule has 0 saturated heterocycles. The monoisotopic (exact) mass is 653 g/mol. The smallest absolute Gasteiger partial charge is 0.264 e. The number of amides is 2. The second-order valence-corrected chi connectivity index (χ2v) is 12.7. The number of carbonyl (C=O) groups is 2. The van der Waals surface area contributed by atoms with Crippen LogP contribution < -0.4 is 9.62 Å². The fourth-order valence-corrected chi connectivity index (χ4v) is 6.03. The Hall–Kier alpha value is -2.59. The third-order valence-electron chi connectivity index (χ3n) is 6.22. The molecule has 3 rings (SSSR count). The fourth-order valence-electron chi connectivity index (χ4n) is 3.75. The van der Waals surface area contributed by atoms with Crippen LogP contribution in [0.25, 0.3) is 0 Å². The lowest BCUT2D eigenvalue weighted by Gasteiger charge is -2.32. The molecule has 2 amide bonds. The maximum atomic E-state index is 13.9. The molecule has 3 aromatic carbocycles. The Labute approximate surface area is 248 Å². The van der Waals surface area contributed by atoms with Crippen molar-refractivity contribution in [3.8, 4) is 0 Å². The highest BCUT2D eigenvalue weighted by Gasteiger charge is 2.33. The molecule has 11 heteroatoms. The summed E-state index contributed by atoms with van der Waals surface area (Å²) in [4.78, 5) is 28.4. The molecule has 0 saturated carbocycles. The quantitative estimate of drug-likeness (QED) is 0.264. The van der Waals surface area contributed by atoms with E-state index in [0.717, 1.165) is 20.8 Å². The number of nitrogens with one attached hydrogen (secondary N) is 1. The molecule has 0 bridgehead atoms. The third-order valence-corrected chi connectivity index (χ3v) is 9.06. The van der Waals surface area contributed by atoms with Crippen molar-refractivity contribution < 1.29 is 18.0 Å². The Bertz CT molecular complexity index is 1410. The van der Waals surface area contributed by atoms with Crippen LogP contribution in [0.5, 0.6) is 0 Å². The van der Waals surface area contributed by atoms with Crippen LogP contribution in [0.2, 0.25) is 10.0 Å². The van der Waals surface area contributed by atoms with Gasteiger partial charge in [-0.1, -0.05) is 76.4 Å². The van der Waals surface area contributed by atoms with Gasteiger partial charge < -0.3 is 10.2 Å². The van der Waals surface area contributed by atoms with E-state index in [9.17, 15) is 18.0 Å². The predicted molar refractivity (Wildman–Crippen MR) is 159 cm³/mol. The predicted octanol–water partition coefficient (Wildman–Crippen LogP) is 6.28. The minimum atomic E-state index is -4.21. The Morgan fingerprint density at radius 3 is 2.21 bits per heavy atom. The van der Waals surface area contributed by atoms with E-state index in [2.05, 4.69) is 21.2 Å². The lowest BCUT2D eigenvalue weighted by molar-refractivity contribution is -0.139. The molecule has 2 atom stereocenters. The molecular weight excluding hydrogens is 625 g/mol. The average Bonchev–Trinajstić information content (AvgIpc) is 2.91. The number of nitrogens with zero attached hydrogens (tertiary/aromatic N) is 2. The lowest BCUT2D eigenvalue weighted by atomic mass is 10.1. The molecule has 0 heterocycles. The molecule has 3 aromatic rings. The van der Waals surface area contributed by atoms with Gasteiger partial charge in [-0.15, -0.1) is 0 Å². The van der Waals surface area contributed by atoms with Crippen molar-refractivity contribution in [2.45, 2.75) is 50.7 Å². The Morgan fingerprint density at radius 2 is 1.62 bits per heavy atom. The molecule has 0 radical (unpaired) electrons. The zero-order valence-corrected chi connectivity index (χ0v) is 25.7. The molecule has 1 N–H and O–H groups in total. The van der Waals surface area contributed by atoms with E-state index in [1.54, 1.807) is 25.1 Å². The zero-order valence-electron chi connectivity index (χ0n) is 21.8. The molecule has 208 valence electrons. The number of sulfonamides is 1. The number of carbonyl (C=O) groups excluding carboxylic acids is 2. The fraction of sp³-hybridized carbons (Fsp3) is 0.286.